The number of halogens is 1. The normalized spacial score (nSPS) is 12.1. The number of anilines is 1. The summed E-state index contributed by atoms with van der Waals surface area (Å²) >= 11 is 6.60. The minimum absolute atomic E-state index is 0.204. The Morgan fingerprint density at radius 1 is 1.03 bits per heavy atom. The maximum Gasteiger partial charge on any atom is 0.255 e. The van der Waals surface area contributed by atoms with E-state index in [9.17, 15) is 9.59 Å². The minimum atomic E-state index is -0.502. The van der Waals surface area contributed by atoms with Gasteiger partial charge in [0.05, 0.1) is 11.6 Å². The Labute approximate surface area is 221 Å². The maximum absolute atomic E-state index is 13.4. The van der Waals surface area contributed by atoms with E-state index in [4.69, 9.17) is 22.3 Å². The van der Waals surface area contributed by atoms with Crippen molar-refractivity contribution in [2.24, 2.45) is 0 Å². The minimum Gasteiger partial charge on any atom is -0.382 e. The topological polar surface area (TPSA) is 145 Å². The highest BCUT2D eigenvalue weighted by Crippen LogP contribution is 2.31. The first-order chi connectivity index (χ1) is 18.5. The predicted octanol–water partition coefficient (Wildman–Crippen LogP) is 4.74. The van der Waals surface area contributed by atoms with Gasteiger partial charge in [-0.15, -0.1) is 0 Å². The van der Waals surface area contributed by atoms with Crippen molar-refractivity contribution in [1.82, 2.24) is 30.5 Å². The number of aromatic amines is 3. The van der Waals surface area contributed by atoms with Crippen LogP contribution < -0.4 is 16.6 Å². The second-order valence-corrected chi connectivity index (χ2v) is 9.36. The van der Waals surface area contributed by atoms with Crippen molar-refractivity contribution in [2.75, 3.05) is 5.73 Å². The number of hydrogen-bond donors (Lipinski definition) is 5. The molecule has 1 amide bonds. The second kappa shape index (κ2) is 9.53. The molecule has 0 radical (unpaired) electrons. The average Bonchev–Trinajstić information content (AvgIpc) is 3.50. The fourth-order valence-corrected chi connectivity index (χ4v) is 4.80. The van der Waals surface area contributed by atoms with Crippen molar-refractivity contribution in [3.05, 3.63) is 111 Å². The number of imidazole rings is 1. The zero-order valence-corrected chi connectivity index (χ0v) is 20.7. The summed E-state index contributed by atoms with van der Waals surface area (Å²) in [6.07, 6.45) is 2.05. The van der Waals surface area contributed by atoms with Gasteiger partial charge in [0.2, 0.25) is 0 Å². The molecule has 0 bridgehead atoms. The lowest BCUT2D eigenvalue weighted by molar-refractivity contribution is 0.0935. The highest BCUT2D eigenvalue weighted by molar-refractivity contribution is 6.32. The number of pyridine rings is 1. The molecule has 0 saturated carbocycles. The van der Waals surface area contributed by atoms with E-state index < -0.39 is 6.04 Å². The third-order valence-corrected chi connectivity index (χ3v) is 6.77. The molecule has 10 heteroatoms. The molecule has 0 fully saturated rings. The van der Waals surface area contributed by atoms with E-state index in [0.717, 1.165) is 22.0 Å². The quantitative estimate of drug-likeness (QED) is 0.214. The van der Waals surface area contributed by atoms with Crippen molar-refractivity contribution in [2.45, 2.75) is 12.5 Å². The number of fused-ring (bicyclic) bond motifs is 2. The van der Waals surface area contributed by atoms with Gasteiger partial charge in [-0.2, -0.15) is 5.10 Å². The molecule has 9 nitrogen and oxygen atoms in total. The van der Waals surface area contributed by atoms with Crippen LogP contribution in [-0.2, 0) is 6.42 Å². The largest absolute Gasteiger partial charge is 0.382 e. The zero-order chi connectivity index (χ0) is 26.2. The van der Waals surface area contributed by atoms with E-state index in [-0.39, 0.29) is 11.5 Å². The van der Waals surface area contributed by atoms with Crippen LogP contribution in [0.2, 0.25) is 5.15 Å². The first-order valence-corrected chi connectivity index (χ1v) is 12.3. The van der Waals surface area contributed by atoms with Crippen LogP contribution in [0.25, 0.3) is 32.9 Å². The number of nitrogens with two attached hydrogens (primary N) is 1. The molecule has 38 heavy (non-hydrogen) atoms. The fraction of sp³-hybridized carbons (Fsp3) is 0.0714. The molecule has 0 saturated heterocycles. The Balaban J connectivity index is 1.35. The molecule has 0 aliphatic heterocycles. The summed E-state index contributed by atoms with van der Waals surface area (Å²) in [5.74, 6) is 0.643. The summed E-state index contributed by atoms with van der Waals surface area (Å²) in [4.78, 5) is 36.0. The number of hydrogen-bond acceptors (Lipinski definition) is 5. The number of amides is 1. The number of benzene rings is 3. The molecule has 3 aromatic carbocycles. The summed E-state index contributed by atoms with van der Waals surface area (Å²) in [7, 11) is 0. The third kappa shape index (κ3) is 4.39. The van der Waals surface area contributed by atoms with Crippen LogP contribution in [0.3, 0.4) is 0 Å². The molecule has 0 aliphatic rings. The molecule has 0 aliphatic carbocycles. The van der Waals surface area contributed by atoms with Gasteiger partial charge in [-0.3, -0.25) is 14.7 Å². The molecule has 6 aromatic rings. The van der Waals surface area contributed by atoms with Gasteiger partial charge in [0, 0.05) is 28.1 Å². The van der Waals surface area contributed by atoms with Crippen LogP contribution in [0.5, 0.6) is 0 Å². The summed E-state index contributed by atoms with van der Waals surface area (Å²) in [6.45, 7) is 0. The van der Waals surface area contributed by atoms with E-state index in [0.29, 0.717) is 45.2 Å². The molecular weight excluding hydrogens is 502 g/mol. The lowest BCUT2D eigenvalue weighted by Gasteiger charge is -2.17. The number of H-pyrrole nitrogens is 3. The lowest BCUT2D eigenvalue weighted by Crippen LogP contribution is -2.30. The van der Waals surface area contributed by atoms with Gasteiger partial charge in [0.1, 0.15) is 16.7 Å². The number of nitrogens with zero attached hydrogens (tertiary/aromatic N) is 2. The number of carbonyl (C=O) groups excluding carboxylic acids is 1. The summed E-state index contributed by atoms with van der Waals surface area (Å²) < 4.78 is 0. The number of carbonyl (C=O) groups is 1. The van der Waals surface area contributed by atoms with E-state index in [1.54, 1.807) is 30.5 Å². The van der Waals surface area contributed by atoms with Crippen molar-refractivity contribution < 1.29 is 4.79 Å². The van der Waals surface area contributed by atoms with Gasteiger partial charge in [-0.25, -0.2) is 4.98 Å². The van der Waals surface area contributed by atoms with Crippen LogP contribution in [0, 0.1) is 0 Å². The van der Waals surface area contributed by atoms with Gasteiger partial charge >= 0.3 is 0 Å². The molecule has 3 aromatic heterocycles. The van der Waals surface area contributed by atoms with Gasteiger partial charge < -0.3 is 21.0 Å². The number of nitrogen functional groups attached to an aromatic ring is 1. The molecule has 0 spiro atoms. The fourth-order valence-electron chi connectivity index (χ4n) is 4.55. The van der Waals surface area contributed by atoms with Gasteiger partial charge in [-0.1, -0.05) is 48.0 Å². The first kappa shape index (κ1) is 23.5. The number of nitrogens with one attached hydrogen (secondary N) is 4. The van der Waals surface area contributed by atoms with Crippen molar-refractivity contribution >= 4 is 45.0 Å². The SMILES string of the molecule is Nc1n[nH]c2cc(-c3nc([C@H](Cc4ccccc4)NC(=O)c4ccc5c(=O)[nH]ccc5c4)[nH]c3Cl)ccc12. The lowest BCUT2D eigenvalue weighted by atomic mass is 10.0. The standard InChI is InChI=1S/C28H22ClN7O2/c29-24-23(17-6-9-20-21(14-17)35-36-25(20)30)33-26(34-24)22(12-15-4-2-1-3-5-15)32-27(37)18-7-8-19-16(13-18)10-11-31-28(19)38/h1-11,13-14,22H,12H2,(H,31,38)(H,32,37)(H,33,34)(H3,30,35,36)/t22-/m0/s1. The van der Waals surface area contributed by atoms with Crippen molar-refractivity contribution in [3.63, 3.8) is 0 Å². The van der Waals surface area contributed by atoms with Crippen molar-refractivity contribution in [3.8, 4) is 11.3 Å². The highest BCUT2D eigenvalue weighted by Gasteiger charge is 2.23. The van der Waals surface area contributed by atoms with Crippen LogP contribution >= 0.6 is 11.6 Å². The van der Waals surface area contributed by atoms with Gasteiger partial charge in [0.25, 0.3) is 11.5 Å². The summed E-state index contributed by atoms with van der Waals surface area (Å²) in [5, 5.41) is 12.4. The molecule has 3 heterocycles. The summed E-state index contributed by atoms with van der Waals surface area (Å²) in [6, 6.07) is 21.7. The molecule has 188 valence electrons. The Hall–Kier alpha value is -4.89. The molecule has 6 rings (SSSR count). The van der Waals surface area contributed by atoms with Gasteiger partial charge in [-0.05, 0) is 53.8 Å². The van der Waals surface area contributed by atoms with Crippen molar-refractivity contribution in [1.29, 1.82) is 0 Å². The number of rotatable bonds is 6. The average molecular weight is 524 g/mol. The van der Waals surface area contributed by atoms with Crippen LogP contribution in [0.1, 0.15) is 27.8 Å². The highest BCUT2D eigenvalue weighted by atomic mass is 35.5. The monoisotopic (exact) mass is 523 g/mol. The Bertz CT molecular complexity index is 1860. The van der Waals surface area contributed by atoms with E-state index in [1.165, 1.54) is 0 Å². The Morgan fingerprint density at radius 3 is 2.68 bits per heavy atom. The molecule has 0 unspecified atom stereocenters. The first-order valence-electron chi connectivity index (χ1n) is 11.9. The second-order valence-electron chi connectivity index (χ2n) is 8.98. The summed E-state index contributed by atoms with van der Waals surface area (Å²) in [5.41, 5.74) is 9.24. The van der Waals surface area contributed by atoms with Crippen LogP contribution in [-0.4, -0.2) is 31.1 Å². The predicted molar refractivity (Wildman–Crippen MR) is 148 cm³/mol. The zero-order valence-electron chi connectivity index (χ0n) is 20.0. The van der Waals surface area contributed by atoms with E-state index in [2.05, 4.69) is 25.5 Å². The Kier molecular flexibility index (Phi) is 5.89. The maximum atomic E-state index is 13.4. The Morgan fingerprint density at radius 2 is 1.84 bits per heavy atom. The number of aromatic nitrogens is 5. The molecule has 1 atom stereocenters. The van der Waals surface area contributed by atoms with E-state index >= 15 is 0 Å². The van der Waals surface area contributed by atoms with E-state index in [1.807, 2.05) is 48.5 Å². The van der Waals surface area contributed by atoms with Gasteiger partial charge in [0.15, 0.2) is 5.82 Å². The molecular formula is C28H22ClN7O2. The van der Waals surface area contributed by atoms with Crippen LogP contribution in [0.4, 0.5) is 5.82 Å². The molecule has 6 N–H and O–H groups in total. The van der Waals surface area contributed by atoms with Crippen LogP contribution in [0.15, 0.2) is 83.8 Å². The third-order valence-electron chi connectivity index (χ3n) is 6.50. The smallest absolute Gasteiger partial charge is 0.255 e.